The van der Waals surface area contributed by atoms with Crippen molar-refractivity contribution >= 4 is 40.5 Å². The third-order valence-corrected chi connectivity index (χ3v) is 7.89. The van der Waals surface area contributed by atoms with E-state index in [9.17, 15) is 9.90 Å². The first kappa shape index (κ1) is 22.4. The molecule has 4 nitrogen and oxygen atoms in total. The van der Waals surface area contributed by atoms with Crippen molar-refractivity contribution in [1.29, 1.82) is 0 Å². The third-order valence-electron chi connectivity index (χ3n) is 5.66. The molecule has 1 heterocycles. The lowest BCUT2D eigenvalue weighted by Gasteiger charge is -2.24. The van der Waals surface area contributed by atoms with Crippen LogP contribution in [-0.2, 0) is 6.42 Å². The summed E-state index contributed by atoms with van der Waals surface area (Å²) in [6.07, 6.45) is 2.68. The summed E-state index contributed by atoms with van der Waals surface area (Å²) in [4.78, 5) is 12.4. The highest BCUT2D eigenvalue weighted by atomic mass is 35.5. The van der Waals surface area contributed by atoms with Gasteiger partial charge in [0.1, 0.15) is 10.6 Å². The van der Waals surface area contributed by atoms with Crippen molar-refractivity contribution in [3.05, 3.63) is 50.2 Å². The highest BCUT2D eigenvalue weighted by Gasteiger charge is 2.41. The summed E-state index contributed by atoms with van der Waals surface area (Å²) in [5, 5.41) is 20.2. The van der Waals surface area contributed by atoms with Gasteiger partial charge < -0.3 is 14.9 Å². The predicted octanol–water partition coefficient (Wildman–Crippen LogP) is 5.72. The van der Waals surface area contributed by atoms with Gasteiger partial charge in [-0.25, -0.2) is 4.79 Å². The number of alkyl halides is 1. The molecule has 0 radical (unpaired) electrons. The fourth-order valence-electron chi connectivity index (χ4n) is 4.08. The van der Waals surface area contributed by atoms with E-state index >= 15 is 0 Å². The molecule has 0 spiro atoms. The second-order valence-corrected chi connectivity index (χ2v) is 9.90. The lowest BCUT2D eigenvalue weighted by atomic mass is 9.90. The number of aryl methyl sites for hydroxylation is 3. The zero-order valence-corrected chi connectivity index (χ0v) is 18.9. The molecule has 158 valence electrons. The van der Waals surface area contributed by atoms with Crippen LogP contribution < -0.4 is 4.74 Å². The molecule has 0 bridgehead atoms. The molecule has 1 aromatic heterocycles. The Morgan fingerprint density at radius 3 is 2.55 bits per heavy atom. The van der Waals surface area contributed by atoms with Crippen LogP contribution in [0, 0.1) is 25.7 Å². The number of carbonyl (C=O) groups is 1. The molecule has 0 unspecified atom stereocenters. The standard InChI is InChI=1S/C22H26Cl2O4S/c1-12-8-14(9-13(2)21(12)24)28-11-17-16(18(23)10-19(17)25)5-3-4-15-6-7-20(29-15)22(26)27/h6-9,16-19,25H,3-5,10-11H2,1-2H3,(H,26,27)/t16-,17-,18-,19-/m1/s1. The smallest absolute Gasteiger partial charge is 0.345 e. The van der Waals surface area contributed by atoms with E-state index in [2.05, 4.69) is 0 Å². The van der Waals surface area contributed by atoms with Crippen molar-refractivity contribution in [3.63, 3.8) is 0 Å². The van der Waals surface area contributed by atoms with Gasteiger partial charge in [-0.1, -0.05) is 11.6 Å². The normalized spacial score (nSPS) is 24.0. The Bertz CT molecular complexity index is 843. The average molecular weight is 457 g/mol. The molecule has 1 aliphatic carbocycles. The topological polar surface area (TPSA) is 66.8 Å². The number of hydrogen-bond acceptors (Lipinski definition) is 4. The Morgan fingerprint density at radius 2 is 1.93 bits per heavy atom. The maximum Gasteiger partial charge on any atom is 0.345 e. The number of benzene rings is 1. The number of aliphatic hydroxyl groups is 1. The van der Waals surface area contributed by atoms with Gasteiger partial charge in [0.15, 0.2) is 0 Å². The number of aliphatic hydroxyl groups excluding tert-OH is 1. The van der Waals surface area contributed by atoms with Crippen LogP contribution in [0.1, 0.15) is 44.9 Å². The molecule has 1 aliphatic rings. The number of carboxylic acid groups (broad SMARTS) is 1. The maximum absolute atomic E-state index is 11.0. The molecule has 2 aromatic rings. The van der Waals surface area contributed by atoms with Gasteiger partial charge in [0, 0.05) is 21.2 Å². The quantitative estimate of drug-likeness (QED) is 0.498. The predicted molar refractivity (Wildman–Crippen MR) is 118 cm³/mol. The van der Waals surface area contributed by atoms with Gasteiger partial charge in [0.25, 0.3) is 0 Å². The lowest BCUT2D eigenvalue weighted by molar-refractivity contribution is 0.0701. The van der Waals surface area contributed by atoms with Crippen LogP contribution in [0.5, 0.6) is 5.75 Å². The van der Waals surface area contributed by atoms with Crippen molar-refractivity contribution in [2.24, 2.45) is 11.8 Å². The fourth-order valence-corrected chi connectivity index (χ4v) is 5.58. The molecule has 0 amide bonds. The Morgan fingerprint density at radius 1 is 1.24 bits per heavy atom. The van der Waals surface area contributed by atoms with Gasteiger partial charge in [-0.15, -0.1) is 22.9 Å². The Balaban J connectivity index is 1.57. The SMILES string of the molecule is Cc1cc(OC[C@@H]2[C@@H](CCCc3ccc(C(=O)O)s3)[C@H](Cl)C[C@H]2O)cc(C)c1Cl. The Hall–Kier alpha value is -1.27. The monoisotopic (exact) mass is 456 g/mol. The number of thiophene rings is 1. The molecule has 1 fully saturated rings. The first-order chi connectivity index (χ1) is 13.8. The summed E-state index contributed by atoms with van der Waals surface area (Å²) >= 11 is 14.1. The summed E-state index contributed by atoms with van der Waals surface area (Å²) in [6, 6.07) is 7.36. The summed E-state index contributed by atoms with van der Waals surface area (Å²) in [6.45, 7) is 4.31. The van der Waals surface area contributed by atoms with E-state index in [4.69, 9.17) is 33.0 Å². The number of aromatic carboxylic acids is 1. The zero-order valence-electron chi connectivity index (χ0n) is 16.5. The number of halogens is 2. The highest BCUT2D eigenvalue weighted by Crippen LogP contribution is 2.40. The minimum atomic E-state index is -0.883. The molecule has 29 heavy (non-hydrogen) atoms. The number of hydrogen-bond donors (Lipinski definition) is 2. The van der Waals surface area contributed by atoms with E-state index < -0.39 is 12.1 Å². The van der Waals surface area contributed by atoms with Gasteiger partial charge in [0.05, 0.1) is 12.7 Å². The van der Waals surface area contributed by atoms with Crippen LogP contribution in [0.25, 0.3) is 0 Å². The molecule has 7 heteroatoms. The molecular weight excluding hydrogens is 431 g/mol. The molecule has 1 aromatic carbocycles. The Labute approximate surface area is 185 Å². The van der Waals surface area contributed by atoms with Gasteiger partial charge in [0.2, 0.25) is 0 Å². The van der Waals surface area contributed by atoms with E-state index in [0.717, 1.165) is 46.0 Å². The van der Waals surface area contributed by atoms with E-state index in [1.165, 1.54) is 11.3 Å². The van der Waals surface area contributed by atoms with Gasteiger partial charge >= 0.3 is 5.97 Å². The zero-order chi connectivity index (χ0) is 21.1. The molecular formula is C22H26Cl2O4S. The molecule has 4 atom stereocenters. The van der Waals surface area contributed by atoms with Crippen molar-refractivity contribution in [3.8, 4) is 5.75 Å². The largest absolute Gasteiger partial charge is 0.493 e. The van der Waals surface area contributed by atoms with Crippen LogP contribution in [0.15, 0.2) is 24.3 Å². The van der Waals surface area contributed by atoms with Crippen LogP contribution in [0.4, 0.5) is 0 Å². The fraction of sp³-hybridized carbons (Fsp3) is 0.500. The van der Waals surface area contributed by atoms with Crippen molar-refractivity contribution < 1.29 is 19.7 Å². The minimum absolute atomic E-state index is 0.0216. The molecule has 0 aliphatic heterocycles. The maximum atomic E-state index is 11.0. The van der Waals surface area contributed by atoms with Crippen molar-refractivity contribution in [2.45, 2.75) is 51.0 Å². The van der Waals surface area contributed by atoms with Gasteiger partial charge in [-0.05, 0) is 80.8 Å². The summed E-state index contributed by atoms with van der Waals surface area (Å²) in [5.41, 5.74) is 1.94. The second kappa shape index (κ2) is 9.69. The first-order valence-corrected chi connectivity index (χ1v) is 11.4. The lowest BCUT2D eigenvalue weighted by Crippen LogP contribution is -2.27. The first-order valence-electron chi connectivity index (χ1n) is 9.80. The summed E-state index contributed by atoms with van der Waals surface area (Å²) in [5.74, 6) is 0.0193. The van der Waals surface area contributed by atoms with Crippen LogP contribution in [0.2, 0.25) is 5.02 Å². The number of ether oxygens (including phenoxy) is 1. The van der Waals surface area contributed by atoms with E-state index in [-0.39, 0.29) is 17.2 Å². The highest BCUT2D eigenvalue weighted by molar-refractivity contribution is 7.13. The van der Waals surface area contributed by atoms with Crippen LogP contribution in [-0.4, -0.2) is 34.3 Å². The molecule has 2 N–H and O–H groups in total. The number of carboxylic acids is 1. The van der Waals surface area contributed by atoms with Gasteiger partial charge in [-0.2, -0.15) is 0 Å². The van der Waals surface area contributed by atoms with E-state index in [0.29, 0.717) is 17.9 Å². The summed E-state index contributed by atoms with van der Waals surface area (Å²) < 4.78 is 6.01. The number of rotatable bonds is 8. The minimum Gasteiger partial charge on any atom is -0.493 e. The third kappa shape index (κ3) is 5.46. The van der Waals surface area contributed by atoms with Crippen molar-refractivity contribution in [2.75, 3.05) is 6.61 Å². The van der Waals surface area contributed by atoms with Crippen LogP contribution in [0.3, 0.4) is 0 Å². The van der Waals surface area contributed by atoms with E-state index in [1.807, 2.05) is 32.0 Å². The molecule has 3 rings (SSSR count). The molecule has 0 saturated heterocycles. The molecule has 1 saturated carbocycles. The average Bonchev–Trinajstić information content (AvgIpc) is 3.23. The van der Waals surface area contributed by atoms with Crippen molar-refractivity contribution in [1.82, 2.24) is 0 Å². The van der Waals surface area contributed by atoms with Gasteiger partial charge in [-0.3, -0.25) is 0 Å². The van der Waals surface area contributed by atoms with E-state index in [1.54, 1.807) is 6.07 Å². The van der Waals surface area contributed by atoms with Crippen LogP contribution >= 0.6 is 34.5 Å². The second-order valence-electron chi connectivity index (χ2n) is 7.79. The Kier molecular flexibility index (Phi) is 7.49. The summed E-state index contributed by atoms with van der Waals surface area (Å²) in [7, 11) is 0.